The highest BCUT2D eigenvalue weighted by Crippen LogP contribution is 2.22. The van der Waals surface area contributed by atoms with E-state index in [0.29, 0.717) is 37.8 Å². The molecule has 0 spiro atoms. The minimum absolute atomic E-state index is 0.0414. The molecule has 0 saturated carbocycles. The van der Waals surface area contributed by atoms with Crippen LogP contribution in [0.15, 0.2) is 38.5 Å². The third kappa shape index (κ3) is 3.58. The van der Waals surface area contributed by atoms with Gasteiger partial charge in [-0.15, -0.1) is 0 Å². The zero-order valence-corrected chi connectivity index (χ0v) is 15.1. The number of hydrogen-bond donors (Lipinski definition) is 1. The molecule has 0 radical (unpaired) electrons. The summed E-state index contributed by atoms with van der Waals surface area (Å²) < 4.78 is 7.90. The van der Waals surface area contributed by atoms with Crippen molar-refractivity contribution in [2.75, 3.05) is 18.0 Å². The molecule has 0 bridgehead atoms. The molecule has 3 rings (SSSR count). The van der Waals surface area contributed by atoms with E-state index < -0.39 is 0 Å². The molecule has 0 aliphatic carbocycles. The van der Waals surface area contributed by atoms with Crippen LogP contribution in [0.5, 0.6) is 0 Å². The van der Waals surface area contributed by atoms with Gasteiger partial charge in [-0.1, -0.05) is 0 Å². The molecule has 1 unspecified atom stereocenters. The van der Waals surface area contributed by atoms with Gasteiger partial charge in [-0.05, 0) is 31.9 Å². The van der Waals surface area contributed by atoms with Crippen LogP contribution < -0.4 is 21.5 Å². The largest absolute Gasteiger partial charge is 0.467 e. The van der Waals surface area contributed by atoms with Gasteiger partial charge in [0.05, 0.1) is 18.7 Å². The summed E-state index contributed by atoms with van der Waals surface area (Å²) >= 11 is 0. The molecule has 8 heteroatoms. The number of amides is 1. The first kappa shape index (κ1) is 18.0. The first-order valence-corrected chi connectivity index (χ1v) is 8.87. The lowest BCUT2D eigenvalue weighted by atomic mass is 9.97. The Kier molecular flexibility index (Phi) is 5.29. The second-order valence-electron chi connectivity index (χ2n) is 6.51. The highest BCUT2D eigenvalue weighted by Gasteiger charge is 2.27. The normalized spacial score (nSPS) is 17.3. The van der Waals surface area contributed by atoms with E-state index in [0.717, 1.165) is 17.4 Å². The van der Waals surface area contributed by atoms with E-state index in [1.165, 1.54) is 13.1 Å². The summed E-state index contributed by atoms with van der Waals surface area (Å²) in [6.07, 6.45) is 3.18. The Morgan fingerprint density at radius 1 is 1.38 bits per heavy atom. The number of nitrogens with zero attached hydrogens (tertiary/aromatic N) is 3. The zero-order chi connectivity index (χ0) is 18.7. The van der Waals surface area contributed by atoms with Gasteiger partial charge in [-0.3, -0.25) is 18.7 Å². The van der Waals surface area contributed by atoms with Crippen molar-refractivity contribution in [1.82, 2.24) is 14.5 Å². The summed E-state index contributed by atoms with van der Waals surface area (Å²) in [6.45, 7) is 3.89. The van der Waals surface area contributed by atoms with Crippen LogP contribution in [0, 0.1) is 5.92 Å². The Morgan fingerprint density at radius 3 is 2.88 bits per heavy atom. The number of carbonyl (C=O) groups excluding carboxylic acids is 1. The van der Waals surface area contributed by atoms with Crippen LogP contribution in [-0.2, 0) is 24.9 Å². The van der Waals surface area contributed by atoms with E-state index >= 15 is 0 Å². The molecule has 1 aliphatic heterocycles. The Hall–Kier alpha value is -2.77. The Bertz CT molecular complexity index is 882. The fourth-order valence-electron chi connectivity index (χ4n) is 3.35. The standard InChI is InChI=1S/C18H24N4O4/c1-3-22-15(10-16(23)20(2)18(22)25)21-8-4-6-13(12-21)17(24)19-11-14-7-5-9-26-14/h5,7,9-10,13H,3-4,6,8,11-12H2,1-2H3,(H,19,24). The topological polar surface area (TPSA) is 89.5 Å². The summed E-state index contributed by atoms with van der Waals surface area (Å²) in [6, 6.07) is 5.07. The van der Waals surface area contributed by atoms with Crippen molar-refractivity contribution in [3.05, 3.63) is 51.1 Å². The van der Waals surface area contributed by atoms with E-state index in [4.69, 9.17) is 4.42 Å². The van der Waals surface area contributed by atoms with Crippen molar-refractivity contribution in [3.63, 3.8) is 0 Å². The van der Waals surface area contributed by atoms with Gasteiger partial charge in [0.25, 0.3) is 5.56 Å². The Labute approximate surface area is 151 Å². The number of anilines is 1. The van der Waals surface area contributed by atoms with Crippen LogP contribution in [0.25, 0.3) is 0 Å². The molecule has 1 N–H and O–H groups in total. The summed E-state index contributed by atoms with van der Waals surface area (Å²) in [5, 5.41) is 2.89. The molecule has 3 heterocycles. The first-order valence-electron chi connectivity index (χ1n) is 8.87. The summed E-state index contributed by atoms with van der Waals surface area (Å²) in [5.41, 5.74) is -0.668. The van der Waals surface area contributed by atoms with Gasteiger partial charge in [-0.25, -0.2) is 4.79 Å². The molecule has 8 nitrogen and oxygen atoms in total. The monoisotopic (exact) mass is 360 g/mol. The van der Waals surface area contributed by atoms with Gasteiger partial charge < -0.3 is 14.6 Å². The third-order valence-corrected chi connectivity index (χ3v) is 4.83. The second-order valence-corrected chi connectivity index (χ2v) is 6.51. The van der Waals surface area contributed by atoms with Gasteiger partial charge in [0.1, 0.15) is 11.6 Å². The van der Waals surface area contributed by atoms with Gasteiger partial charge in [0, 0.05) is 32.7 Å². The number of aromatic nitrogens is 2. The predicted octanol–water partition coefficient (Wildman–Crippen LogP) is 0.693. The van der Waals surface area contributed by atoms with Crippen LogP contribution in [0.4, 0.5) is 5.82 Å². The van der Waals surface area contributed by atoms with Crippen LogP contribution in [0.3, 0.4) is 0 Å². The lowest BCUT2D eigenvalue weighted by molar-refractivity contribution is -0.125. The smallest absolute Gasteiger partial charge is 0.332 e. The predicted molar refractivity (Wildman–Crippen MR) is 97.1 cm³/mol. The quantitative estimate of drug-likeness (QED) is 0.847. The van der Waals surface area contributed by atoms with Crippen molar-refractivity contribution in [3.8, 4) is 0 Å². The first-order chi connectivity index (χ1) is 12.5. The Morgan fingerprint density at radius 2 is 2.19 bits per heavy atom. The number of hydrogen-bond acceptors (Lipinski definition) is 5. The third-order valence-electron chi connectivity index (χ3n) is 4.83. The van der Waals surface area contributed by atoms with Crippen molar-refractivity contribution in [2.24, 2.45) is 13.0 Å². The molecular weight excluding hydrogens is 336 g/mol. The summed E-state index contributed by atoms with van der Waals surface area (Å²) in [5.74, 6) is 1.06. The fraction of sp³-hybridized carbons (Fsp3) is 0.500. The maximum Gasteiger partial charge on any atom is 0.332 e. The maximum absolute atomic E-state index is 12.5. The number of carbonyl (C=O) groups is 1. The number of furan rings is 1. The Balaban J connectivity index is 1.75. The van der Waals surface area contributed by atoms with Crippen molar-refractivity contribution >= 4 is 11.7 Å². The van der Waals surface area contributed by atoms with Crippen molar-refractivity contribution < 1.29 is 9.21 Å². The van der Waals surface area contributed by atoms with Crippen LogP contribution >= 0.6 is 0 Å². The lowest BCUT2D eigenvalue weighted by Crippen LogP contribution is -2.47. The van der Waals surface area contributed by atoms with Crippen LogP contribution in [0.1, 0.15) is 25.5 Å². The molecule has 2 aromatic rings. The van der Waals surface area contributed by atoms with E-state index in [2.05, 4.69) is 5.32 Å². The van der Waals surface area contributed by atoms with Gasteiger partial charge in [0.15, 0.2) is 0 Å². The molecular formula is C18H24N4O4. The molecule has 1 saturated heterocycles. The molecule has 1 fully saturated rings. The van der Waals surface area contributed by atoms with Gasteiger partial charge in [-0.2, -0.15) is 0 Å². The number of piperidine rings is 1. The van der Waals surface area contributed by atoms with Crippen molar-refractivity contribution in [1.29, 1.82) is 0 Å². The van der Waals surface area contributed by atoms with E-state index in [1.807, 2.05) is 17.9 Å². The molecule has 26 heavy (non-hydrogen) atoms. The minimum Gasteiger partial charge on any atom is -0.467 e. The van der Waals surface area contributed by atoms with E-state index in [-0.39, 0.29) is 23.1 Å². The van der Waals surface area contributed by atoms with Crippen LogP contribution in [-0.4, -0.2) is 28.1 Å². The maximum atomic E-state index is 12.5. The molecule has 1 aliphatic rings. The average Bonchev–Trinajstić information content (AvgIpc) is 3.17. The highest BCUT2D eigenvalue weighted by atomic mass is 16.3. The summed E-state index contributed by atoms with van der Waals surface area (Å²) in [7, 11) is 1.47. The molecule has 140 valence electrons. The lowest BCUT2D eigenvalue weighted by Gasteiger charge is -2.34. The van der Waals surface area contributed by atoms with Crippen LogP contribution in [0.2, 0.25) is 0 Å². The van der Waals surface area contributed by atoms with Gasteiger partial charge in [0.2, 0.25) is 5.91 Å². The molecule has 2 aromatic heterocycles. The molecule has 1 amide bonds. The second kappa shape index (κ2) is 7.63. The number of rotatable bonds is 5. The fourth-order valence-corrected chi connectivity index (χ4v) is 3.35. The minimum atomic E-state index is -0.334. The van der Waals surface area contributed by atoms with Crippen molar-refractivity contribution in [2.45, 2.75) is 32.9 Å². The number of nitrogens with one attached hydrogen (secondary N) is 1. The summed E-state index contributed by atoms with van der Waals surface area (Å²) in [4.78, 5) is 38.9. The SMILES string of the molecule is CCn1c(N2CCCC(C(=O)NCc3ccco3)C2)cc(=O)n(C)c1=O. The van der Waals surface area contributed by atoms with E-state index in [1.54, 1.807) is 16.9 Å². The zero-order valence-electron chi connectivity index (χ0n) is 15.1. The molecule has 0 aromatic carbocycles. The van der Waals surface area contributed by atoms with Gasteiger partial charge >= 0.3 is 5.69 Å². The average molecular weight is 360 g/mol. The van der Waals surface area contributed by atoms with E-state index in [9.17, 15) is 14.4 Å². The molecule has 1 atom stereocenters. The highest BCUT2D eigenvalue weighted by molar-refractivity contribution is 5.79.